The summed E-state index contributed by atoms with van der Waals surface area (Å²) in [6, 6.07) is 1.75. The molecule has 1 saturated carbocycles. The maximum atomic E-state index is 12.0. The highest BCUT2D eigenvalue weighted by Crippen LogP contribution is 2.29. The predicted octanol–water partition coefficient (Wildman–Crippen LogP) is 2.91. The molecule has 15 heavy (non-hydrogen) atoms. The SMILES string of the molecule is COc1cc(C(=O)C2CCCCC2)sn1. The Bertz CT molecular complexity index is 342. The molecule has 1 heterocycles. The number of carbonyl (C=O) groups is 1. The molecule has 1 aliphatic rings. The summed E-state index contributed by atoms with van der Waals surface area (Å²) in [6.45, 7) is 0. The van der Waals surface area contributed by atoms with Gasteiger partial charge in [-0.25, -0.2) is 0 Å². The van der Waals surface area contributed by atoms with E-state index in [1.165, 1.54) is 30.8 Å². The fraction of sp³-hybridized carbons (Fsp3) is 0.636. The van der Waals surface area contributed by atoms with Crippen LogP contribution < -0.4 is 4.74 Å². The van der Waals surface area contributed by atoms with Crippen LogP contribution in [0.25, 0.3) is 0 Å². The molecule has 0 amide bonds. The minimum absolute atomic E-state index is 0.226. The molecule has 2 rings (SSSR count). The zero-order valence-corrected chi connectivity index (χ0v) is 9.68. The predicted molar refractivity (Wildman–Crippen MR) is 59.6 cm³/mol. The molecule has 0 atom stereocenters. The fourth-order valence-electron chi connectivity index (χ4n) is 2.04. The first-order valence-electron chi connectivity index (χ1n) is 5.36. The Morgan fingerprint density at radius 1 is 1.47 bits per heavy atom. The molecule has 4 heteroatoms. The van der Waals surface area contributed by atoms with Crippen LogP contribution in [0.2, 0.25) is 0 Å². The van der Waals surface area contributed by atoms with Crippen LogP contribution in [-0.2, 0) is 0 Å². The third-order valence-corrected chi connectivity index (χ3v) is 3.70. The molecule has 1 aromatic heterocycles. The van der Waals surface area contributed by atoms with Crippen molar-refractivity contribution in [3.05, 3.63) is 10.9 Å². The third-order valence-electron chi connectivity index (χ3n) is 2.92. The molecule has 1 fully saturated rings. The maximum absolute atomic E-state index is 12.0. The molecule has 1 aromatic rings. The van der Waals surface area contributed by atoms with Crippen molar-refractivity contribution in [1.29, 1.82) is 0 Å². The van der Waals surface area contributed by atoms with E-state index in [0.717, 1.165) is 17.7 Å². The normalized spacial score (nSPS) is 17.7. The van der Waals surface area contributed by atoms with Gasteiger partial charge in [-0.2, -0.15) is 4.37 Å². The highest BCUT2D eigenvalue weighted by atomic mass is 32.1. The van der Waals surface area contributed by atoms with Crippen LogP contribution >= 0.6 is 11.5 Å². The van der Waals surface area contributed by atoms with Gasteiger partial charge in [-0.15, -0.1) is 0 Å². The summed E-state index contributed by atoms with van der Waals surface area (Å²) in [4.78, 5) is 12.8. The average Bonchev–Trinajstić information content (AvgIpc) is 2.78. The molecule has 1 aliphatic carbocycles. The molecular formula is C11H15NO2S. The Balaban J connectivity index is 2.05. The van der Waals surface area contributed by atoms with Crippen molar-refractivity contribution in [2.24, 2.45) is 5.92 Å². The highest BCUT2D eigenvalue weighted by Gasteiger charge is 2.24. The minimum atomic E-state index is 0.226. The summed E-state index contributed by atoms with van der Waals surface area (Å²) in [7, 11) is 1.57. The standard InChI is InChI=1S/C11H15NO2S/c1-14-10-7-9(15-12-10)11(13)8-5-3-2-4-6-8/h7-8H,2-6H2,1H3. The number of ether oxygens (including phenoxy) is 1. The molecule has 0 N–H and O–H groups in total. The van der Waals surface area contributed by atoms with Crippen molar-refractivity contribution in [3.63, 3.8) is 0 Å². The van der Waals surface area contributed by atoms with E-state index in [0.29, 0.717) is 5.88 Å². The van der Waals surface area contributed by atoms with Crippen LogP contribution in [0.5, 0.6) is 5.88 Å². The Labute approximate surface area is 93.6 Å². The number of rotatable bonds is 3. The molecule has 0 aliphatic heterocycles. The van der Waals surface area contributed by atoms with Gasteiger partial charge in [0, 0.05) is 12.0 Å². The van der Waals surface area contributed by atoms with Crippen molar-refractivity contribution in [3.8, 4) is 5.88 Å². The van der Waals surface area contributed by atoms with Crippen molar-refractivity contribution in [1.82, 2.24) is 4.37 Å². The van der Waals surface area contributed by atoms with Gasteiger partial charge < -0.3 is 4.74 Å². The van der Waals surface area contributed by atoms with Crippen LogP contribution in [-0.4, -0.2) is 17.3 Å². The topological polar surface area (TPSA) is 39.2 Å². The van der Waals surface area contributed by atoms with Crippen LogP contribution in [0.4, 0.5) is 0 Å². The monoisotopic (exact) mass is 225 g/mol. The molecule has 3 nitrogen and oxygen atoms in total. The van der Waals surface area contributed by atoms with Gasteiger partial charge in [0.1, 0.15) is 0 Å². The van der Waals surface area contributed by atoms with Gasteiger partial charge in [0.05, 0.1) is 12.0 Å². The molecule has 82 valence electrons. The fourth-order valence-corrected chi connectivity index (χ4v) is 2.76. The van der Waals surface area contributed by atoms with E-state index in [2.05, 4.69) is 4.37 Å². The number of ketones is 1. The number of Topliss-reactive ketones (excluding diaryl/α,β-unsaturated/α-hetero) is 1. The molecule has 0 aromatic carbocycles. The highest BCUT2D eigenvalue weighted by molar-refractivity contribution is 7.08. The van der Waals surface area contributed by atoms with Gasteiger partial charge in [-0.05, 0) is 24.4 Å². The Kier molecular flexibility index (Phi) is 3.36. The first-order valence-corrected chi connectivity index (χ1v) is 6.13. The number of methoxy groups -OCH3 is 1. The van der Waals surface area contributed by atoms with Crippen molar-refractivity contribution in [2.75, 3.05) is 7.11 Å². The molecule has 0 bridgehead atoms. The van der Waals surface area contributed by atoms with Crippen LogP contribution in [0, 0.1) is 5.92 Å². The summed E-state index contributed by atoms with van der Waals surface area (Å²) in [5.41, 5.74) is 0. The number of carbonyl (C=O) groups excluding carboxylic acids is 1. The average molecular weight is 225 g/mol. The number of hydrogen-bond donors (Lipinski definition) is 0. The van der Waals surface area contributed by atoms with E-state index in [-0.39, 0.29) is 11.7 Å². The number of aromatic nitrogens is 1. The van der Waals surface area contributed by atoms with Crippen LogP contribution in [0.3, 0.4) is 0 Å². The molecule has 0 radical (unpaired) electrons. The second kappa shape index (κ2) is 4.75. The number of nitrogens with zero attached hydrogens (tertiary/aromatic N) is 1. The van der Waals surface area contributed by atoms with Gasteiger partial charge in [-0.1, -0.05) is 19.3 Å². The second-order valence-electron chi connectivity index (χ2n) is 3.93. The Hall–Kier alpha value is -0.900. The lowest BCUT2D eigenvalue weighted by Gasteiger charge is -2.19. The second-order valence-corrected chi connectivity index (χ2v) is 4.74. The quantitative estimate of drug-likeness (QED) is 0.742. The smallest absolute Gasteiger partial charge is 0.225 e. The van der Waals surface area contributed by atoms with E-state index < -0.39 is 0 Å². The largest absolute Gasteiger partial charge is 0.480 e. The molecule has 0 spiro atoms. The third kappa shape index (κ3) is 2.37. The summed E-state index contributed by atoms with van der Waals surface area (Å²) < 4.78 is 9.03. The van der Waals surface area contributed by atoms with E-state index in [9.17, 15) is 4.79 Å². The summed E-state index contributed by atoms with van der Waals surface area (Å²) in [5, 5.41) is 0. The summed E-state index contributed by atoms with van der Waals surface area (Å²) >= 11 is 1.25. The van der Waals surface area contributed by atoms with Gasteiger partial charge >= 0.3 is 0 Å². The first-order chi connectivity index (χ1) is 7.31. The summed E-state index contributed by atoms with van der Waals surface area (Å²) in [5.74, 6) is 1.04. The van der Waals surface area contributed by atoms with E-state index >= 15 is 0 Å². The van der Waals surface area contributed by atoms with E-state index in [1.807, 2.05) is 0 Å². The van der Waals surface area contributed by atoms with Crippen molar-refractivity contribution in [2.45, 2.75) is 32.1 Å². The lowest BCUT2D eigenvalue weighted by molar-refractivity contribution is 0.0893. The summed E-state index contributed by atoms with van der Waals surface area (Å²) in [6.07, 6.45) is 5.73. The molecular weight excluding hydrogens is 210 g/mol. The zero-order chi connectivity index (χ0) is 10.7. The van der Waals surface area contributed by atoms with Crippen molar-refractivity contribution >= 4 is 17.3 Å². The molecule has 0 saturated heterocycles. The van der Waals surface area contributed by atoms with E-state index in [4.69, 9.17) is 4.74 Å². The van der Waals surface area contributed by atoms with Gasteiger partial charge in [0.2, 0.25) is 5.88 Å². The van der Waals surface area contributed by atoms with Crippen molar-refractivity contribution < 1.29 is 9.53 Å². The lowest BCUT2D eigenvalue weighted by atomic mass is 9.86. The minimum Gasteiger partial charge on any atom is -0.480 e. The molecule has 0 unspecified atom stereocenters. The maximum Gasteiger partial charge on any atom is 0.225 e. The number of hydrogen-bond acceptors (Lipinski definition) is 4. The van der Waals surface area contributed by atoms with Gasteiger partial charge in [-0.3, -0.25) is 4.79 Å². The lowest BCUT2D eigenvalue weighted by Crippen LogP contribution is -2.16. The van der Waals surface area contributed by atoms with Crippen LogP contribution in [0.15, 0.2) is 6.07 Å². The van der Waals surface area contributed by atoms with Gasteiger partial charge in [0.25, 0.3) is 0 Å². The van der Waals surface area contributed by atoms with Crippen LogP contribution in [0.1, 0.15) is 41.8 Å². The first kappa shape index (κ1) is 10.6. The van der Waals surface area contributed by atoms with Gasteiger partial charge in [0.15, 0.2) is 5.78 Å². The van der Waals surface area contributed by atoms with E-state index in [1.54, 1.807) is 13.2 Å². The zero-order valence-electron chi connectivity index (χ0n) is 8.86. The Morgan fingerprint density at radius 2 is 2.20 bits per heavy atom. The Morgan fingerprint density at radius 3 is 2.80 bits per heavy atom.